The molecule has 0 unspecified atom stereocenters. The van der Waals surface area contributed by atoms with Crippen LogP contribution in [0.3, 0.4) is 0 Å². The first-order chi connectivity index (χ1) is 12.6. The summed E-state index contributed by atoms with van der Waals surface area (Å²) in [5.41, 5.74) is -3.03. The Morgan fingerprint density at radius 2 is 1.78 bits per heavy atom. The molecule has 1 aliphatic rings. The number of amides is 1. The molecule has 2 rings (SSSR count). The van der Waals surface area contributed by atoms with Gasteiger partial charge in [-0.25, -0.2) is 4.79 Å². The molecule has 1 fully saturated rings. The number of hydrogen-bond donors (Lipinski definition) is 3. The third kappa shape index (κ3) is 4.06. The SMILES string of the molecule is CCC(C)(C)n1c(=O)c(C(=O)NCC(=O)O)c(O)n(C2CCCCC2)c1=O. The fourth-order valence-corrected chi connectivity index (χ4v) is 3.42. The summed E-state index contributed by atoms with van der Waals surface area (Å²) in [4.78, 5) is 49.2. The Kier molecular flexibility index (Phi) is 6.12. The lowest BCUT2D eigenvalue weighted by Gasteiger charge is -2.30. The Balaban J connectivity index is 2.73. The van der Waals surface area contributed by atoms with E-state index in [2.05, 4.69) is 5.32 Å². The molecule has 27 heavy (non-hydrogen) atoms. The first-order valence-electron chi connectivity index (χ1n) is 9.22. The molecule has 1 amide bonds. The van der Waals surface area contributed by atoms with Gasteiger partial charge in [-0.1, -0.05) is 26.2 Å². The van der Waals surface area contributed by atoms with Gasteiger partial charge in [-0.05, 0) is 33.1 Å². The third-order valence-electron chi connectivity index (χ3n) is 5.30. The van der Waals surface area contributed by atoms with E-state index in [0.717, 1.165) is 28.4 Å². The number of carbonyl (C=O) groups excluding carboxylic acids is 1. The van der Waals surface area contributed by atoms with Crippen molar-refractivity contribution in [2.24, 2.45) is 0 Å². The minimum atomic E-state index is -1.28. The van der Waals surface area contributed by atoms with Gasteiger partial charge in [-0.15, -0.1) is 0 Å². The highest BCUT2D eigenvalue weighted by Crippen LogP contribution is 2.30. The molecular formula is C18H27N3O6. The van der Waals surface area contributed by atoms with Crippen molar-refractivity contribution in [3.8, 4) is 5.88 Å². The van der Waals surface area contributed by atoms with E-state index in [9.17, 15) is 24.3 Å². The second kappa shape index (κ2) is 7.98. The maximum Gasteiger partial charge on any atom is 0.334 e. The van der Waals surface area contributed by atoms with Gasteiger partial charge < -0.3 is 15.5 Å². The van der Waals surface area contributed by atoms with Crippen molar-refractivity contribution in [2.45, 2.75) is 70.9 Å². The molecule has 0 radical (unpaired) electrons. The van der Waals surface area contributed by atoms with E-state index in [1.165, 1.54) is 0 Å². The summed E-state index contributed by atoms with van der Waals surface area (Å²) < 4.78 is 2.13. The van der Waals surface area contributed by atoms with Crippen molar-refractivity contribution < 1.29 is 19.8 Å². The fraction of sp³-hybridized carbons (Fsp3) is 0.667. The molecule has 0 aromatic carbocycles. The van der Waals surface area contributed by atoms with Gasteiger partial charge >= 0.3 is 11.7 Å². The summed E-state index contributed by atoms with van der Waals surface area (Å²) in [6.45, 7) is 4.53. The van der Waals surface area contributed by atoms with Crippen LogP contribution in [0.1, 0.15) is 75.7 Å². The van der Waals surface area contributed by atoms with Gasteiger partial charge in [-0.2, -0.15) is 0 Å². The zero-order valence-electron chi connectivity index (χ0n) is 15.9. The minimum absolute atomic E-state index is 0.309. The topological polar surface area (TPSA) is 131 Å². The van der Waals surface area contributed by atoms with Crippen LogP contribution < -0.4 is 16.6 Å². The van der Waals surface area contributed by atoms with E-state index in [4.69, 9.17) is 5.11 Å². The molecule has 0 atom stereocenters. The number of nitrogens with one attached hydrogen (secondary N) is 1. The van der Waals surface area contributed by atoms with Gasteiger partial charge in [0, 0.05) is 11.6 Å². The number of aromatic hydroxyl groups is 1. The summed E-state index contributed by atoms with van der Waals surface area (Å²) in [5.74, 6) is -2.98. The number of hydrogen-bond acceptors (Lipinski definition) is 5. The third-order valence-corrected chi connectivity index (χ3v) is 5.30. The van der Waals surface area contributed by atoms with E-state index in [1.54, 1.807) is 13.8 Å². The maximum absolute atomic E-state index is 13.1. The van der Waals surface area contributed by atoms with Gasteiger partial charge in [0.15, 0.2) is 5.56 Å². The lowest BCUT2D eigenvalue weighted by atomic mass is 9.95. The largest absolute Gasteiger partial charge is 0.494 e. The van der Waals surface area contributed by atoms with Gasteiger partial charge in [-0.3, -0.25) is 23.5 Å². The highest BCUT2D eigenvalue weighted by atomic mass is 16.4. The van der Waals surface area contributed by atoms with Crippen LogP contribution in [-0.2, 0) is 10.3 Å². The number of carboxylic acids is 1. The summed E-state index contributed by atoms with van der Waals surface area (Å²) in [6, 6.07) is -0.309. The predicted molar refractivity (Wildman–Crippen MR) is 98.3 cm³/mol. The molecule has 0 spiro atoms. The van der Waals surface area contributed by atoms with E-state index in [-0.39, 0.29) is 6.04 Å². The van der Waals surface area contributed by atoms with Crippen LogP contribution in [0, 0.1) is 0 Å². The second-order valence-electron chi connectivity index (χ2n) is 7.53. The Hall–Kier alpha value is -2.58. The smallest absolute Gasteiger partial charge is 0.334 e. The van der Waals surface area contributed by atoms with Crippen LogP contribution in [0.15, 0.2) is 9.59 Å². The molecule has 1 aromatic heterocycles. The van der Waals surface area contributed by atoms with Gasteiger partial charge in [0.05, 0.1) is 0 Å². The fourth-order valence-electron chi connectivity index (χ4n) is 3.42. The molecule has 0 saturated heterocycles. The van der Waals surface area contributed by atoms with Crippen LogP contribution in [-0.4, -0.2) is 37.8 Å². The van der Waals surface area contributed by atoms with Gasteiger partial charge in [0.1, 0.15) is 6.54 Å². The molecule has 1 heterocycles. The van der Waals surface area contributed by atoms with E-state index >= 15 is 0 Å². The molecule has 1 aromatic rings. The molecule has 9 heteroatoms. The normalized spacial score (nSPS) is 15.5. The number of carboxylic acid groups (broad SMARTS) is 1. The quantitative estimate of drug-likeness (QED) is 0.678. The Bertz CT molecular complexity index is 846. The molecule has 9 nitrogen and oxygen atoms in total. The standard InChI is InChI=1S/C18H27N3O6/c1-4-18(2,3)21-16(26)13(14(24)19-10-12(22)23)15(25)20(17(21)27)11-8-6-5-7-9-11/h11,25H,4-10H2,1-3H3,(H,19,24)(H,22,23). The van der Waals surface area contributed by atoms with E-state index < -0.39 is 46.7 Å². The second-order valence-corrected chi connectivity index (χ2v) is 7.53. The maximum atomic E-state index is 13.1. The first kappa shape index (κ1) is 20.7. The summed E-state index contributed by atoms with van der Waals surface area (Å²) in [5, 5.41) is 21.5. The molecule has 0 aliphatic heterocycles. The summed E-state index contributed by atoms with van der Waals surface area (Å²) in [7, 11) is 0. The highest BCUT2D eigenvalue weighted by molar-refractivity contribution is 5.97. The van der Waals surface area contributed by atoms with Crippen LogP contribution in [0.2, 0.25) is 0 Å². The summed E-state index contributed by atoms with van der Waals surface area (Å²) in [6.07, 6.45) is 4.56. The van der Waals surface area contributed by atoms with Crippen LogP contribution >= 0.6 is 0 Å². The van der Waals surface area contributed by atoms with Gasteiger partial charge in [0.2, 0.25) is 5.88 Å². The van der Waals surface area contributed by atoms with Crippen molar-refractivity contribution in [3.05, 3.63) is 26.4 Å². The Morgan fingerprint density at radius 1 is 1.19 bits per heavy atom. The number of carbonyl (C=O) groups is 2. The molecule has 1 saturated carbocycles. The predicted octanol–water partition coefficient (Wildman–Crippen LogP) is 1.18. The van der Waals surface area contributed by atoms with Crippen LogP contribution in [0.5, 0.6) is 5.88 Å². The number of aliphatic carboxylic acids is 1. The average Bonchev–Trinajstić information content (AvgIpc) is 2.60. The Morgan fingerprint density at radius 3 is 2.30 bits per heavy atom. The lowest BCUT2D eigenvalue weighted by Crippen LogP contribution is -2.52. The average molecular weight is 381 g/mol. The zero-order valence-corrected chi connectivity index (χ0v) is 15.9. The summed E-state index contributed by atoms with van der Waals surface area (Å²) >= 11 is 0. The number of rotatable bonds is 6. The molecular weight excluding hydrogens is 354 g/mol. The highest BCUT2D eigenvalue weighted by Gasteiger charge is 2.33. The van der Waals surface area contributed by atoms with Crippen molar-refractivity contribution in [3.63, 3.8) is 0 Å². The van der Waals surface area contributed by atoms with E-state index in [0.29, 0.717) is 19.3 Å². The molecule has 1 aliphatic carbocycles. The molecule has 150 valence electrons. The van der Waals surface area contributed by atoms with Crippen molar-refractivity contribution in [2.75, 3.05) is 6.54 Å². The van der Waals surface area contributed by atoms with Crippen LogP contribution in [0.25, 0.3) is 0 Å². The monoisotopic (exact) mass is 381 g/mol. The van der Waals surface area contributed by atoms with Gasteiger partial charge in [0.25, 0.3) is 11.5 Å². The van der Waals surface area contributed by atoms with E-state index in [1.807, 2.05) is 6.92 Å². The Labute approximate surface area is 156 Å². The van der Waals surface area contributed by atoms with Crippen molar-refractivity contribution >= 4 is 11.9 Å². The first-order valence-corrected chi connectivity index (χ1v) is 9.22. The minimum Gasteiger partial charge on any atom is -0.494 e. The molecule has 0 bridgehead atoms. The van der Waals surface area contributed by atoms with Crippen molar-refractivity contribution in [1.82, 2.24) is 14.5 Å². The number of nitrogens with zero attached hydrogens (tertiary/aromatic N) is 2. The van der Waals surface area contributed by atoms with Crippen molar-refractivity contribution in [1.29, 1.82) is 0 Å². The van der Waals surface area contributed by atoms with Crippen LogP contribution in [0.4, 0.5) is 0 Å². The zero-order chi connectivity index (χ0) is 20.4. The number of aromatic nitrogens is 2. The molecule has 3 N–H and O–H groups in total. The lowest BCUT2D eigenvalue weighted by molar-refractivity contribution is -0.135.